The Hall–Kier alpha value is -7.78. The molecule has 1 atom stereocenters. The van der Waals surface area contributed by atoms with Crippen molar-refractivity contribution in [2.75, 3.05) is 4.90 Å². The van der Waals surface area contributed by atoms with Gasteiger partial charge in [-0.05, 0) is 91.5 Å². The Morgan fingerprint density at radius 2 is 0.810 bits per heavy atom. The summed E-state index contributed by atoms with van der Waals surface area (Å²) in [7, 11) is 0. The van der Waals surface area contributed by atoms with Crippen LogP contribution in [-0.4, -0.2) is 0 Å². The molecule has 1 heterocycles. The molecule has 294 valence electrons. The van der Waals surface area contributed by atoms with E-state index in [9.17, 15) is 0 Å². The van der Waals surface area contributed by atoms with Gasteiger partial charge in [0.25, 0.3) is 0 Å². The molecular weight excluding hydrogens is 779 g/mol. The van der Waals surface area contributed by atoms with Crippen molar-refractivity contribution in [1.29, 1.82) is 0 Å². The van der Waals surface area contributed by atoms with Crippen LogP contribution in [0.15, 0.2) is 237 Å². The molecule has 13 rings (SSSR count). The molecule has 0 saturated heterocycles. The first kappa shape index (κ1) is 35.9. The van der Waals surface area contributed by atoms with E-state index in [4.69, 9.17) is 0 Å². The normalized spacial score (nSPS) is 14.4. The van der Waals surface area contributed by atoms with E-state index >= 15 is 0 Å². The van der Waals surface area contributed by atoms with E-state index < -0.39 is 5.41 Å². The van der Waals surface area contributed by atoms with Crippen LogP contribution in [0.3, 0.4) is 0 Å². The van der Waals surface area contributed by atoms with E-state index in [-0.39, 0.29) is 0 Å². The van der Waals surface area contributed by atoms with Gasteiger partial charge in [0.05, 0.1) is 16.8 Å². The molecule has 0 radical (unpaired) electrons. The highest BCUT2D eigenvalue weighted by Crippen LogP contribution is 2.64. The van der Waals surface area contributed by atoms with Gasteiger partial charge in [0.2, 0.25) is 0 Å². The van der Waals surface area contributed by atoms with Crippen LogP contribution in [0.2, 0.25) is 0 Å². The Bertz CT molecular complexity index is 3500. The number of para-hydroxylation sites is 2. The van der Waals surface area contributed by atoms with E-state index in [2.05, 4.69) is 241 Å². The third-order valence-corrected chi connectivity index (χ3v) is 14.7. The fourth-order valence-corrected chi connectivity index (χ4v) is 12.2. The van der Waals surface area contributed by atoms with Gasteiger partial charge in [0, 0.05) is 42.6 Å². The summed E-state index contributed by atoms with van der Waals surface area (Å²) in [5.74, 6) is 0. The summed E-state index contributed by atoms with van der Waals surface area (Å²) in [6.07, 6.45) is 0. The number of rotatable bonds is 5. The first-order valence-electron chi connectivity index (χ1n) is 21.8. The number of hydrogen-bond acceptors (Lipinski definition) is 2. The van der Waals surface area contributed by atoms with Crippen LogP contribution in [0, 0.1) is 0 Å². The zero-order chi connectivity index (χ0) is 41.5. The second-order valence-corrected chi connectivity index (χ2v) is 17.7. The molecule has 0 amide bonds. The van der Waals surface area contributed by atoms with E-state index in [0.29, 0.717) is 0 Å². The highest BCUT2D eigenvalue weighted by molar-refractivity contribution is 7.26. The van der Waals surface area contributed by atoms with Gasteiger partial charge < -0.3 is 4.90 Å². The fourth-order valence-electron chi connectivity index (χ4n) is 11.0. The molecule has 0 aliphatic heterocycles. The monoisotopic (exact) mass is 817 g/mol. The molecular formula is C61H39NS. The van der Waals surface area contributed by atoms with Crippen LogP contribution in [0.1, 0.15) is 22.3 Å². The SMILES string of the molecule is c1ccc(-c2ccccc2N(c2ccc3c(c2)C2(c4ccccc4-c4ccccc4-3)c3ccccc3-c3c2ccc2c3sc3ccccc32)c2ccccc2-c2ccccc2)cc1. The smallest absolute Gasteiger partial charge is 0.0726 e. The molecule has 1 aromatic heterocycles. The van der Waals surface area contributed by atoms with Crippen LogP contribution in [0.5, 0.6) is 0 Å². The summed E-state index contributed by atoms with van der Waals surface area (Å²) in [6.45, 7) is 0. The van der Waals surface area contributed by atoms with Crippen molar-refractivity contribution in [2.45, 2.75) is 5.41 Å². The number of fused-ring (bicyclic) bond motifs is 16. The minimum Gasteiger partial charge on any atom is -0.309 e. The summed E-state index contributed by atoms with van der Waals surface area (Å²) >= 11 is 1.93. The topological polar surface area (TPSA) is 3.24 Å². The molecule has 0 N–H and O–H groups in total. The maximum Gasteiger partial charge on any atom is 0.0726 e. The zero-order valence-electron chi connectivity index (χ0n) is 34.4. The molecule has 63 heavy (non-hydrogen) atoms. The predicted octanol–water partition coefficient (Wildman–Crippen LogP) is 16.9. The number of thiophene rings is 1. The number of benzene rings is 10. The largest absolute Gasteiger partial charge is 0.309 e. The summed E-state index contributed by atoms with van der Waals surface area (Å²) < 4.78 is 2.67. The Morgan fingerprint density at radius 1 is 0.317 bits per heavy atom. The molecule has 2 aliphatic rings. The van der Waals surface area contributed by atoms with Gasteiger partial charge in [-0.3, -0.25) is 0 Å². The molecule has 1 nitrogen and oxygen atoms in total. The van der Waals surface area contributed by atoms with Crippen LogP contribution in [-0.2, 0) is 5.41 Å². The second kappa shape index (κ2) is 14.1. The molecule has 1 unspecified atom stereocenters. The fraction of sp³-hybridized carbons (Fsp3) is 0.0164. The highest BCUT2D eigenvalue weighted by Gasteiger charge is 2.50. The molecule has 0 saturated carbocycles. The van der Waals surface area contributed by atoms with E-state index in [1.807, 2.05) is 11.3 Å². The molecule has 2 aliphatic carbocycles. The maximum absolute atomic E-state index is 2.54. The van der Waals surface area contributed by atoms with E-state index in [0.717, 1.165) is 17.1 Å². The number of nitrogens with zero attached hydrogens (tertiary/aromatic N) is 1. The van der Waals surface area contributed by atoms with Gasteiger partial charge in [-0.1, -0.05) is 206 Å². The lowest BCUT2D eigenvalue weighted by Crippen LogP contribution is -2.29. The van der Waals surface area contributed by atoms with Gasteiger partial charge in [-0.2, -0.15) is 0 Å². The summed E-state index contributed by atoms with van der Waals surface area (Å²) in [5.41, 5.74) is 20.3. The third kappa shape index (κ3) is 5.22. The third-order valence-electron chi connectivity index (χ3n) is 13.5. The minimum absolute atomic E-state index is 0.638. The van der Waals surface area contributed by atoms with Crippen molar-refractivity contribution >= 4 is 48.6 Å². The lowest BCUT2D eigenvalue weighted by molar-refractivity contribution is 0.776. The van der Waals surface area contributed by atoms with Gasteiger partial charge in [-0.25, -0.2) is 0 Å². The van der Waals surface area contributed by atoms with Crippen molar-refractivity contribution < 1.29 is 0 Å². The lowest BCUT2D eigenvalue weighted by Gasteiger charge is -2.37. The molecule has 2 heteroatoms. The van der Waals surface area contributed by atoms with Crippen LogP contribution in [0.4, 0.5) is 17.1 Å². The molecule has 11 aromatic rings. The first-order chi connectivity index (χ1) is 31.3. The van der Waals surface area contributed by atoms with E-state index in [1.165, 1.54) is 98.1 Å². The van der Waals surface area contributed by atoms with Crippen molar-refractivity contribution in [2.24, 2.45) is 0 Å². The van der Waals surface area contributed by atoms with Crippen molar-refractivity contribution in [3.8, 4) is 55.6 Å². The van der Waals surface area contributed by atoms with Crippen LogP contribution >= 0.6 is 11.3 Å². The molecule has 0 bridgehead atoms. The highest BCUT2D eigenvalue weighted by atomic mass is 32.1. The predicted molar refractivity (Wildman–Crippen MR) is 267 cm³/mol. The summed E-state index contributed by atoms with van der Waals surface area (Å²) in [5, 5.41) is 2.64. The average Bonchev–Trinajstić information content (AvgIpc) is 3.86. The van der Waals surface area contributed by atoms with Crippen LogP contribution < -0.4 is 4.90 Å². The maximum atomic E-state index is 2.54. The van der Waals surface area contributed by atoms with Crippen molar-refractivity contribution in [3.63, 3.8) is 0 Å². The Morgan fingerprint density at radius 3 is 1.46 bits per heavy atom. The standard InChI is InChI=1S/C61H39NS/c1-3-19-40(20-4-1)43-23-11-16-32-56(43)62(57-33-17-12-24-44(57)41-21-5-2-6-22-41)42-35-36-48-46-26-8-7-25-45(46)47-27-9-14-30-52(47)61(55(48)39-42)53-31-15-10-29-51(53)59-54(61)38-37-50-49-28-13-18-34-58(49)63-60(50)59/h1-39H. The Labute approximate surface area is 371 Å². The average molecular weight is 818 g/mol. The quantitative estimate of drug-likeness (QED) is 0.167. The van der Waals surface area contributed by atoms with Crippen molar-refractivity contribution in [3.05, 3.63) is 259 Å². The van der Waals surface area contributed by atoms with Gasteiger partial charge in [0.1, 0.15) is 0 Å². The van der Waals surface area contributed by atoms with Crippen molar-refractivity contribution in [1.82, 2.24) is 0 Å². The minimum atomic E-state index is -0.638. The second-order valence-electron chi connectivity index (χ2n) is 16.7. The zero-order valence-corrected chi connectivity index (χ0v) is 35.2. The number of anilines is 3. The van der Waals surface area contributed by atoms with E-state index in [1.54, 1.807) is 0 Å². The Balaban J connectivity index is 1.18. The summed E-state index contributed by atoms with van der Waals surface area (Å²) in [4.78, 5) is 2.51. The molecule has 1 spiro atoms. The van der Waals surface area contributed by atoms with Gasteiger partial charge >= 0.3 is 0 Å². The molecule has 10 aromatic carbocycles. The molecule has 0 fully saturated rings. The Kier molecular flexibility index (Phi) is 8.06. The first-order valence-corrected chi connectivity index (χ1v) is 22.6. The van der Waals surface area contributed by atoms with Crippen LogP contribution in [0.25, 0.3) is 75.8 Å². The van der Waals surface area contributed by atoms with Gasteiger partial charge in [0.15, 0.2) is 0 Å². The lowest BCUT2D eigenvalue weighted by atomic mass is 9.65. The summed E-state index contributed by atoms with van der Waals surface area (Å²) in [6, 6.07) is 88.0. The number of hydrogen-bond donors (Lipinski definition) is 0. The van der Waals surface area contributed by atoms with Gasteiger partial charge in [-0.15, -0.1) is 11.3 Å².